The van der Waals surface area contributed by atoms with Crippen molar-refractivity contribution >= 4 is 17.3 Å². The van der Waals surface area contributed by atoms with Crippen LogP contribution in [0.1, 0.15) is 58.1 Å². The van der Waals surface area contributed by atoms with Gasteiger partial charge in [-0.2, -0.15) is 0 Å². The number of rotatable bonds is 7. The average Bonchev–Trinajstić information content (AvgIpc) is 2.67. The quantitative estimate of drug-likeness (QED) is 0.623. The maximum atomic E-state index is 5.96. The molecule has 6 heteroatoms. The van der Waals surface area contributed by atoms with Crippen molar-refractivity contribution in [1.82, 2.24) is 20.4 Å². The lowest BCUT2D eigenvalue weighted by Crippen LogP contribution is -2.62. The zero-order valence-electron chi connectivity index (χ0n) is 20.2. The summed E-state index contributed by atoms with van der Waals surface area (Å²) in [5.74, 6) is 0. The van der Waals surface area contributed by atoms with Gasteiger partial charge < -0.3 is 20.3 Å². The van der Waals surface area contributed by atoms with Gasteiger partial charge in [0.2, 0.25) is 0 Å². The zero-order chi connectivity index (χ0) is 22.5. The van der Waals surface area contributed by atoms with Gasteiger partial charge in [-0.3, -0.25) is 4.90 Å². The fourth-order valence-electron chi connectivity index (χ4n) is 5.17. The lowest BCUT2D eigenvalue weighted by Gasteiger charge is -2.47. The Morgan fingerprint density at radius 3 is 2.35 bits per heavy atom. The lowest BCUT2D eigenvalue weighted by atomic mass is 9.80. The van der Waals surface area contributed by atoms with Crippen molar-refractivity contribution in [1.29, 1.82) is 0 Å². The molecule has 5 nitrogen and oxygen atoms in total. The van der Waals surface area contributed by atoms with Crippen molar-refractivity contribution < 1.29 is 4.74 Å². The molecule has 2 fully saturated rings. The standard InChI is InChI=1S/C25H42N4OS/c1-20-7-9-21(10-8-20)19-29(12-6-11-28-13-15-30-16-14-28)23(31)26-22-17-24(2,3)27-25(4,5)18-22/h7-10,22,27H,6,11-19H2,1-5H3,(H,26,31). The van der Waals surface area contributed by atoms with Gasteiger partial charge in [0, 0.05) is 49.8 Å². The van der Waals surface area contributed by atoms with Crippen molar-refractivity contribution in [3.8, 4) is 0 Å². The van der Waals surface area contributed by atoms with Crippen molar-refractivity contribution in [3.63, 3.8) is 0 Å². The fourth-order valence-corrected chi connectivity index (χ4v) is 5.49. The lowest BCUT2D eigenvalue weighted by molar-refractivity contribution is 0.0367. The first-order valence-corrected chi connectivity index (χ1v) is 12.2. The number of morpholine rings is 1. The van der Waals surface area contributed by atoms with E-state index in [4.69, 9.17) is 17.0 Å². The molecule has 2 heterocycles. The molecular weight excluding hydrogens is 404 g/mol. The van der Waals surface area contributed by atoms with E-state index in [0.717, 1.165) is 70.3 Å². The molecular formula is C25H42N4OS. The highest BCUT2D eigenvalue weighted by atomic mass is 32.1. The number of nitrogens with zero attached hydrogens (tertiary/aromatic N) is 2. The predicted molar refractivity (Wildman–Crippen MR) is 134 cm³/mol. The van der Waals surface area contributed by atoms with Gasteiger partial charge in [-0.05, 0) is 71.7 Å². The maximum absolute atomic E-state index is 5.96. The number of nitrogens with one attached hydrogen (secondary N) is 2. The minimum atomic E-state index is 0.104. The minimum absolute atomic E-state index is 0.104. The third-order valence-corrected chi connectivity index (χ3v) is 6.68. The first kappa shape index (κ1) is 24.4. The van der Waals surface area contributed by atoms with Crippen LogP contribution in [0.3, 0.4) is 0 Å². The number of hydrogen-bond donors (Lipinski definition) is 2. The molecule has 1 aromatic rings. The molecule has 2 saturated heterocycles. The van der Waals surface area contributed by atoms with Gasteiger partial charge in [-0.1, -0.05) is 29.8 Å². The van der Waals surface area contributed by atoms with Gasteiger partial charge in [-0.25, -0.2) is 0 Å². The molecule has 0 aliphatic carbocycles. The maximum Gasteiger partial charge on any atom is 0.169 e. The van der Waals surface area contributed by atoms with Crippen LogP contribution in [0.15, 0.2) is 24.3 Å². The Morgan fingerprint density at radius 1 is 1.13 bits per heavy atom. The molecule has 0 atom stereocenters. The normalized spacial score (nSPS) is 21.6. The molecule has 0 saturated carbocycles. The zero-order valence-corrected chi connectivity index (χ0v) is 21.0. The Bertz CT molecular complexity index is 697. The first-order valence-electron chi connectivity index (χ1n) is 11.8. The van der Waals surface area contributed by atoms with E-state index in [1.165, 1.54) is 11.1 Å². The van der Waals surface area contributed by atoms with Gasteiger partial charge in [0.15, 0.2) is 5.11 Å². The van der Waals surface area contributed by atoms with E-state index in [1.54, 1.807) is 0 Å². The number of aryl methyl sites for hydroxylation is 1. The number of piperidine rings is 1. The monoisotopic (exact) mass is 446 g/mol. The summed E-state index contributed by atoms with van der Waals surface area (Å²) in [7, 11) is 0. The molecule has 2 N–H and O–H groups in total. The Morgan fingerprint density at radius 2 is 1.74 bits per heavy atom. The molecule has 0 radical (unpaired) electrons. The smallest absolute Gasteiger partial charge is 0.169 e. The summed E-state index contributed by atoms with van der Waals surface area (Å²) >= 11 is 5.96. The second kappa shape index (κ2) is 10.6. The second-order valence-electron chi connectivity index (χ2n) is 10.7. The SMILES string of the molecule is Cc1ccc(CN(CCCN2CCOCC2)C(=S)NC2CC(C)(C)NC(C)(C)C2)cc1. The summed E-state index contributed by atoms with van der Waals surface area (Å²) in [5.41, 5.74) is 2.81. The van der Waals surface area contributed by atoms with Crippen LogP contribution in [0.25, 0.3) is 0 Å². The number of hydrogen-bond acceptors (Lipinski definition) is 4. The Balaban J connectivity index is 1.62. The molecule has 1 aromatic carbocycles. The third-order valence-electron chi connectivity index (χ3n) is 6.31. The van der Waals surface area contributed by atoms with E-state index in [-0.39, 0.29) is 11.1 Å². The Hall–Kier alpha value is -1.21. The molecule has 3 rings (SSSR count). The Kier molecular flexibility index (Phi) is 8.36. The molecule has 0 amide bonds. The van der Waals surface area contributed by atoms with E-state index in [0.29, 0.717) is 6.04 Å². The average molecular weight is 447 g/mol. The van der Waals surface area contributed by atoms with Crippen LogP contribution in [0.5, 0.6) is 0 Å². The van der Waals surface area contributed by atoms with Crippen molar-refractivity contribution in [3.05, 3.63) is 35.4 Å². The molecule has 0 bridgehead atoms. The first-order chi connectivity index (χ1) is 14.6. The molecule has 174 valence electrons. The predicted octanol–water partition coefficient (Wildman–Crippen LogP) is 3.70. The van der Waals surface area contributed by atoms with Crippen molar-refractivity contribution in [2.45, 2.75) is 77.5 Å². The number of thiocarbonyl (C=S) groups is 1. The minimum Gasteiger partial charge on any atom is -0.379 e. The Labute approximate surface area is 194 Å². The van der Waals surface area contributed by atoms with Crippen LogP contribution in [0.2, 0.25) is 0 Å². The highest BCUT2D eigenvalue weighted by molar-refractivity contribution is 7.80. The molecule has 2 aliphatic heterocycles. The van der Waals surface area contributed by atoms with Crippen LogP contribution >= 0.6 is 12.2 Å². The topological polar surface area (TPSA) is 39.8 Å². The highest BCUT2D eigenvalue weighted by Gasteiger charge is 2.38. The van der Waals surface area contributed by atoms with Crippen LogP contribution in [0.4, 0.5) is 0 Å². The summed E-state index contributed by atoms with van der Waals surface area (Å²) in [5, 5.41) is 8.39. The molecule has 31 heavy (non-hydrogen) atoms. The van der Waals surface area contributed by atoms with Crippen LogP contribution in [0, 0.1) is 6.92 Å². The molecule has 0 aromatic heterocycles. The summed E-state index contributed by atoms with van der Waals surface area (Å²) in [6, 6.07) is 9.22. The summed E-state index contributed by atoms with van der Waals surface area (Å²) in [6.45, 7) is 18.0. The van der Waals surface area contributed by atoms with Crippen LogP contribution in [-0.4, -0.2) is 71.4 Å². The third kappa shape index (κ3) is 8.01. The number of benzene rings is 1. The van der Waals surface area contributed by atoms with E-state index < -0.39 is 0 Å². The molecule has 0 unspecified atom stereocenters. The van der Waals surface area contributed by atoms with E-state index >= 15 is 0 Å². The summed E-state index contributed by atoms with van der Waals surface area (Å²) < 4.78 is 5.48. The van der Waals surface area contributed by atoms with E-state index in [9.17, 15) is 0 Å². The van der Waals surface area contributed by atoms with E-state index in [2.05, 4.69) is 79.3 Å². The summed E-state index contributed by atoms with van der Waals surface area (Å²) in [6.07, 6.45) is 3.25. The van der Waals surface area contributed by atoms with Gasteiger partial charge in [-0.15, -0.1) is 0 Å². The van der Waals surface area contributed by atoms with Crippen LogP contribution in [-0.2, 0) is 11.3 Å². The summed E-state index contributed by atoms with van der Waals surface area (Å²) in [4.78, 5) is 4.87. The molecule has 0 spiro atoms. The van der Waals surface area contributed by atoms with Crippen molar-refractivity contribution in [2.24, 2.45) is 0 Å². The van der Waals surface area contributed by atoms with Crippen molar-refractivity contribution in [2.75, 3.05) is 39.4 Å². The fraction of sp³-hybridized carbons (Fsp3) is 0.720. The molecule has 2 aliphatic rings. The number of ether oxygens (including phenoxy) is 1. The van der Waals surface area contributed by atoms with Gasteiger partial charge in [0.25, 0.3) is 0 Å². The van der Waals surface area contributed by atoms with Crippen LogP contribution < -0.4 is 10.6 Å². The van der Waals surface area contributed by atoms with Gasteiger partial charge >= 0.3 is 0 Å². The van der Waals surface area contributed by atoms with Gasteiger partial charge in [0.1, 0.15) is 0 Å². The second-order valence-corrected chi connectivity index (χ2v) is 11.0. The van der Waals surface area contributed by atoms with E-state index in [1.807, 2.05) is 0 Å². The largest absolute Gasteiger partial charge is 0.379 e. The van der Waals surface area contributed by atoms with Gasteiger partial charge in [0.05, 0.1) is 13.2 Å². The highest BCUT2D eigenvalue weighted by Crippen LogP contribution is 2.28.